The minimum absolute atomic E-state index is 0.00691. The molecule has 2 aliphatic heterocycles. The van der Waals surface area contributed by atoms with Crippen molar-refractivity contribution in [2.24, 2.45) is 0 Å². The number of ketones is 1. The van der Waals surface area contributed by atoms with Gasteiger partial charge in [0.15, 0.2) is 23.0 Å². The summed E-state index contributed by atoms with van der Waals surface area (Å²) in [4.78, 5) is 30.3. The van der Waals surface area contributed by atoms with Crippen molar-refractivity contribution in [3.05, 3.63) is 58.7 Å². The van der Waals surface area contributed by atoms with Crippen LogP contribution in [0.3, 0.4) is 0 Å². The van der Waals surface area contributed by atoms with Gasteiger partial charge < -0.3 is 28.6 Å². The third kappa shape index (κ3) is 4.67. The predicted molar refractivity (Wildman–Crippen MR) is 123 cm³/mol. The first-order chi connectivity index (χ1) is 16.4. The highest BCUT2D eigenvalue weighted by Crippen LogP contribution is 2.41. The van der Waals surface area contributed by atoms with Gasteiger partial charge in [-0.3, -0.25) is 14.5 Å². The highest BCUT2D eigenvalue weighted by Gasteiger charge is 2.44. The van der Waals surface area contributed by atoms with E-state index in [0.717, 1.165) is 13.1 Å². The quantitative estimate of drug-likeness (QED) is 0.559. The molecule has 0 bridgehead atoms. The maximum absolute atomic E-state index is 13.4. The van der Waals surface area contributed by atoms with Crippen LogP contribution in [0.25, 0.3) is 0 Å². The number of aliphatic hydroxyl groups is 1. The molecule has 0 radical (unpaired) electrons. The van der Waals surface area contributed by atoms with Crippen molar-refractivity contribution in [3.63, 3.8) is 0 Å². The molecule has 0 aliphatic carbocycles. The first-order valence-corrected chi connectivity index (χ1v) is 11.4. The SMILES string of the molecule is CCOc1ccc([C@@H]2C(C(=O)c3ccc(C)o3)=C(O)C(=O)N2CCN2CCOCC2)cc1OC. The monoisotopic (exact) mass is 470 g/mol. The van der Waals surface area contributed by atoms with Crippen molar-refractivity contribution in [3.8, 4) is 11.5 Å². The van der Waals surface area contributed by atoms with E-state index >= 15 is 0 Å². The normalized spacial score (nSPS) is 19.1. The lowest BCUT2D eigenvalue weighted by Crippen LogP contribution is -2.43. The van der Waals surface area contributed by atoms with E-state index in [2.05, 4.69) is 4.90 Å². The predicted octanol–water partition coefficient (Wildman–Crippen LogP) is 2.91. The molecule has 0 unspecified atom stereocenters. The number of furan rings is 1. The number of benzene rings is 1. The Kier molecular flexibility index (Phi) is 7.23. The molecule has 1 aromatic heterocycles. The summed E-state index contributed by atoms with van der Waals surface area (Å²) in [5.41, 5.74) is 0.624. The van der Waals surface area contributed by atoms with Crippen LogP contribution in [-0.4, -0.2) is 79.7 Å². The number of aliphatic hydroxyl groups excluding tert-OH is 1. The third-order valence-electron chi connectivity index (χ3n) is 6.08. The van der Waals surface area contributed by atoms with Gasteiger partial charge in [0.1, 0.15) is 5.76 Å². The summed E-state index contributed by atoms with van der Waals surface area (Å²) in [6.07, 6.45) is 0. The highest BCUT2D eigenvalue weighted by atomic mass is 16.5. The number of hydrogen-bond acceptors (Lipinski definition) is 8. The molecule has 9 heteroatoms. The summed E-state index contributed by atoms with van der Waals surface area (Å²) in [6.45, 7) is 7.79. The summed E-state index contributed by atoms with van der Waals surface area (Å²) < 4.78 is 22.0. The van der Waals surface area contributed by atoms with Gasteiger partial charge in [-0.1, -0.05) is 6.07 Å². The number of amides is 1. The summed E-state index contributed by atoms with van der Waals surface area (Å²) in [5, 5.41) is 10.8. The van der Waals surface area contributed by atoms with Gasteiger partial charge in [-0.05, 0) is 43.7 Å². The van der Waals surface area contributed by atoms with Gasteiger partial charge in [-0.25, -0.2) is 0 Å². The molecule has 3 heterocycles. The molecule has 1 aromatic carbocycles. The van der Waals surface area contributed by atoms with E-state index in [1.165, 1.54) is 12.0 Å². The van der Waals surface area contributed by atoms with E-state index in [1.54, 1.807) is 37.3 Å². The van der Waals surface area contributed by atoms with E-state index < -0.39 is 23.5 Å². The number of rotatable bonds is 9. The standard InChI is InChI=1S/C25H30N2O7/c1-4-33-18-8-6-17(15-20(18)31-3)22-21(23(28)19-7-5-16(2)34-19)24(29)25(30)27(22)10-9-26-11-13-32-14-12-26/h5-8,15,22,29H,4,9-14H2,1-3H3/t22-/m1/s1. The van der Waals surface area contributed by atoms with Gasteiger partial charge in [0.05, 0.1) is 38.5 Å². The average Bonchev–Trinajstić information content (AvgIpc) is 3.39. The Morgan fingerprint density at radius 1 is 1.15 bits per heavy atom. The lowest BCUT2D eigenvalue weighted by Gasteiger charge is -2.31. The number of carbonyl (C=O) groups excluding carboxylic acids is 2. The summed E-state index contributed by atoms with van der Waals surface area (Å²) in [7, 11) is 1.53. The Balaban J connectivity index is 1.71. The van der Waals surface area contributed by atoms with Crippen LogP contribution < -0.4 is 9.47 Å². The maximum Gasteiger partial charge on any atom is 0.290 e. The van der Waals surface area contributed by atoms with E-state index in [9.17, 15) is 14.7 Å². The summed E-state index contributed by atoms with van der Waals surface area (Å²) >= 11 is 0. The lowest BCUT2D eigenvalue weighted by atomic mass is 9.94. The number of ether oxygens (including phenoxy) is 3. The minimum atomic E-state index is -0.795. The number of morpholine rings is 1. The Hall–Kier alpha value is -3.30. The van der Waals surface area contributed by atoms with E-state index in [0.29, 0.717) is 55.7 Å². The van der Waals surface area contributed by atoms with E-state index in [4.69, 9.17) is 18.6 Å². The zero-order chi connectivity index (χ0) is 24.2. The van der Waals surface area contributed by atoms with Gasteiger partial charge >= 0.3 is 0 Å². The molecule has 1 fully saturated rings. The minimum Gasteiger partial charge on any atom is -0.503 e. The fourth-order valence-corrected chi connectivity index (χ4v) is 4.36. The first-order valence-electron chi connectivity index (χ1n) is 11.4. The van der Waals surface area contributed by atoms with Crippen LogP contribution in [0.5, 0.6) is 11.5 Å². The average molecular weight is 471 g/mol. The number of carbonyl (C=O) groups is 2. The van der Waals surface area contributed by atoms with Crippen molar-refractivity contribution in [2.75, 3.05) is 53.1 Å². The molecule has 0 saturated carbocycles. The highest BCUT2D eigenvalue weighted by molar-refractivity contribution is 6.15. The van der Waals surface area contributed by atoms with Crippen molar-refractivity contribution in [1.29, 1.82) is 0 Å². The molecule has 1 N–H and O–H groups in total. The van der Waals surface area contributed by atoms with Crippen molar-refractivity contribution in [1.82, 2.24) is 9.80 Å². The van der Waals surface area contributed by atoms with Crippen LogP contribution in [0.4, 0.5) is 0 Å². The lowest BCUT2D eigenvalue weighted by molar-refractivity contribution is -0.129. The molecule has 4 rings (SSSR count). The Bertz CT molecular complexity index is 1080. The largest absolute Gasteiger partial charge is 0.503 e. The molecule has 1 amide bonds. The van der Waals surface area contributed by atoms with Crippen LogP contribution in [0.1, 0.15) is 34.8 Å². The Morgan fingerprint density at radius 2 is 1.91 bits per heavy atom. The van der Waals surface area contributed by atoms with Crippen LogP contribution >= 0.6 is 0 Å². The molecule has 34 heavy (non-hydrogen) atoms. The molecule has 1 atom stereocenters. The van der Waals surface area contributed by atoms with Gasteiger partial charge in [-0.15, -0.1) is 0 Å². The van der Waals surface area contributed by atoms with Crippen molar-refractivity contribution < 1.29 is 33.3 Å². The second-order valence-corrected chi connectivity index (χ2v) is 8.20. The summed E-state index contributed by atoms with van der Waals surface area (Å²) in [6, 6.07) is 7.70. The molecule has 9 nitrogen and oxygen atoms in total. The number of Topliss-reactive ketones (excluding diaryl/α,β-unsaturated/α-hetero) is 1. The van der Waals surface area contributed by atoms with Crippen LogP contribution in [-0.2, 0) is 9.53 Å². The summed E-state index contributed by atoms with van der Waals surface area (Å²) in [5.74, 6) is 0.0101. The molecule has 2 aliphatic rings. The second-order valence-electron chi connectivity index (χ2n) is 8.20. The smallest absolute Gasteiger partial charge is 0.290 e. The number of nitrogens with zero attached hydrogens (tertiary/aromatic N) is 2. The van der Waals surface area contributed by atoms with Crippen LogP contribution in [0.2, 0.25) is 0 Å². The molecule has 0 spiro atoms. The molecule has 1 saturated heterocycles. The topological polar surface area (TPSA) is 102 Å². The zero-order valence-electron chi connectivity index (χ0n) is 19.7. The molecular formula is C25H30N2O7. The molecule has 182 valence electrons. The van der Waals surface area contributed by atoms with Crippen molar-refractivity contribution in [2.45, 2.75) is 19.9 Å². The van der Waals surface area contributed by atoms with E-state index in [1.807, 2.05) is 6.92 Å². The van der Waals surface area contributed by atoms with Gasteiger partial charge in [0.2, 0.25) is 5.78 Å². The van der Waals surface area contributed by atoms with Gasteiger partial charge in [-0.2, -0.15) is 0 Å². The number of methoxy groups -OCH3 is 1. The Labute approximate surface area is 198 Å². The second kappa shape index (κ2) is 10.3. The fraction of sp³-hybridized carbons (Fsp3) is 0.440. The third-order valence-corrected chi connectivity index (χ3v) is 6.08. The molecule has 2 aromatic rings. The zero-order valence-corrected chi connectivity index (χ0v) is 19.7. The van der Waals surface area contributed by atoms with Gasteiger partial charge in [0.25, 0.3) is 5.91 Å². The number of aryl methyl sites for hydroxylation is 1. The first kappa shape index (κ1) is 23.8. The van der Waals surface area contributed by atoms with Crippen LogP contribution in [0, 0.1) is 6.92 Å². The fourth-order valence-electron chi connectivity index (χ4n) is 4.36. The van der Waals surface area contributed by atoms with E-state index in [-0.39, 0.29) is 11.3 Å². The molecular weight excluding hydrogens is 440 g/mol. The maximum atomic E-state index is 13.4. The number of hydrogen-bond donors (Lipinski definition) is 1. The van der Waals surface area contributed by atoms with Crippen molar-refractivity contribution >= 4 is 11.7 Å². The Morgan fingerprint density at radius 3 is 2.56 bits per heavy atom. The van der Waals surface area contributed by atoms with Gasteiger partial charge in [0, 0.05) is 26.2 Å². The van der Waals surface area contributed by atoms with Crippen LogP contribution in [0.15, 0.2) is 46.1 Å².